The van der Waals surface area contributed by atoms with Crippen LogP contribution in [0.4, 0.5) is 0 Å². The summed E-state index contributed by atoms with van der Waals surface area (Å²) in [4.78, 5) is 0. The van der Waals surface area contributed by atoms with E-state index >= 15 is 0 Å². The minimum Gasteiger partial charge on any atom is -0.147 e. The van der Waals surface area contributed by atoms with Crippen LogP contribution in [0.2, 0.25) is 0 Å². The van der Waals surface area contributed by atoms with Crippen molar-refractivity contribution in [2.24, 2.45) is 0 Å². The van der Waals surface area contributed by atoms with Gasteiger partial charge in [0, 0.05) is 0 Å². The molecule has 0 aliphatic heterocycles. The predicted octanol–water partition coefficient (Wildman–Crippen LogP) is 6.76. The van der Waals surface area contributed by atoms with Crippen LogP contribution in [0.1, 0.15) is 5.56 Å². The second-order valence-corrected chi connectivity index (χ2v) is 11.1. The van der Waals surface area contributed by atoms with Gasteiger partial charge < -0.3 is 0 Å². The quantitative estimate of drug-likeness (QED) is 0.265. The van der Waals surface area contributed by atoms with Crippen molar-refractivity contribution in [2.45, 2.75) is 6.16 Å². The number of benzene rings is 5. The number of hydrogen-bond donors (Lipinski definition) is 0. The van der Waals surface area contributed by atoms with Crippen LogP contribution in [0, 0.1) is 0 Å². The largest absolute Gasteiger partial charge is 0.147 e. The molecule has 0 aliphatic rings. The topological polar surface area (TPSA) is 0 Å². The molecule has 0 nitrogen and oxygen atoms in total. The van der Waals surface area contributed by atoms with E-state index in [9.17, 15) is 0 Å². The third-order valence-electron chi connectivity index (χ3n) is 5.82. The molecule has 31 heavy (non-hydrogen) atoms. The first-order valence-electron chi connectivity index (χ1n) is 10.4. The van der Waals surface area contributed by atoms with E-state index in [-0.39, 0.29) is 12.4 Å². The van der Waals surface area contributed by atoms with Crippen molar-refractivity contribution in [3.63, 3.8) is 0 Å². The van der Waals surface area contributed by atoms with Crippen molar-refractivity contribution in [1.29, 1.82) is 0 Å². The van der Waals surface area contributed by atoms with Crippen LogP contribution in [0.3, 0.4) is 0 Å². The summed E-state index contributed by atoms with van der Waals surface area (Å²) in [6, 6.07) is 48.9. The van der Waals surface area contributed by atoms with E-state index in [1.807, 2.05) is 0 Å². The second-order valence-electron chi connectivity index (χ2n) is 7.66. The molecule has 5 aromatic carbocycles. The van der Waals surface area contributed by atoms with Gasteiger partial charge >= 0.3 is 0 Å². The van der Waals surface area contributed by atoms with E-state index in [0.717, 1.165) is 6.16 Å². The van der Waals surface area contributed by atoms with Gasteiger partial charge in [-0.25, -0.2) is 0 Å². The van der Waals surface area contributed by atoms with Gasteiger partial charge in [-0.2, -0.15) is 0 Å². The van der Waals surface area contributed by atoms with Crippen LogP contribution in [-0.4, -0.2) is 0 Å². The predicted molar refractivity (Wildman–Crippen MR) is 140 cm³/mol. The Labute approximate surface area is 191 Å². The highest BCUT2D eigenvalue weighted by atomic mass is 35.5. The van der Waals surface area contributed by atoms with Crippen LogP contribution < -0.4 is 15.9 Å². The smallest absolute Gasteiger partial charge is 0.116 e. The van der Waals surface area contributed by atoms with Gasteiger partial charge in [0.25, 0.3) is 0 Å². The number of hydrogen-bond acceptors (Lipinski definition) is 0. The first-order valence-corrected chi connectivity index (χ1v) is 12.4. The molecule has 0 aromatic heterocycles. The Kier molecular flexibility index (Phi) is 6.52. The molecule has 2 heteroatoms. The van der Waals surface area contributed by atoms with Gasteiger partial charge in [-0.15, -0.1) is 12.4 Å². The van der Waals surface area contributed by atoms with Crippen LogP contribution in [0.25, 0.3) is 10.8 Å². The molecule has 0 saturated heterocycles. The van der Waals surface area contributed by atoms with Crippen LogP contribution in [0.5, 0.6) is 0 Å². The molecule has 0 unspecified atom stereocenters. The highest BCUT2D eigenvalue weighted by Gasteiger charge is 2.45. The van der Waals surface area contributed by atoms with Crippen molar-refractivity contribution in [3.8, 4) is 0 Å². The fourth-order valence-electron chi connectivity index (χ4n) is 4.38. The van der Waals surface area contributed by atoms with Crippen molar-refractivity contribution >= 4 is 46.4 Å². The highest BCUT2D eigenvalue weighted by molar-refractivity contribution is 7.95. The molecule has 0 bridgehead atoms. The molecule has 5 aromatic rings. The minimum atomic E-state index is -1.85. The zero-order valence-electron chi connectivity index (χ0n) is 17.3. The average Bonchev–Trinajstić information content (AvgIpc) is 2.84. The van der Waals surface area contributed by atoms with Gasteiger partial charge in [-0.05, 0) is 58.8 Å². The Bertz CT molecular complexity index is 1150. The maximum atomic E-state index is 2.37. The average molecular weight is 440 g/mol. The molecule has 0 N–H and O–H groups in total. The summed E-state index contributed by atoms with van der Waals surface area (Å²) in [7, 11) is -1.85. The summed E-state index contributed by atoms with van der Waals surface area (Å²) in [6.45, 7) is 0. The zero-order chi connectivity index (χ0) is 20.2. The van der Waals surface area contributed by atoms with Crippen LogP contribution in [-0.2, 0) is 6.16 Å². The summed E-state index contributed by atoms with van der Waals surface area (Å²) < 4.78 is 0. The Balaban J connectivity index is 0.00000231. The summed E-state index contributed by atoms with van der Waals surface area (Å²) in [6.07, 6.45) is 1.01. The fraction of sp³-hybridized carbons (Fsp3) is 0.0345. The molecule has 0 fully saturated rings. The Morgan fingerprint density at radius 1 is 0.419 bits per heavy atom. The van der Waals surface area contributed by atoms with E-state index in [4.69, 9.17) is 0 Å². The van der Waals surface area contributed by atoms with E-state index in [0.29, 0.717) is 0 Å². The molecule has 0 atom stereocenters. The first-order chi connectivity index (χ1) is 14.9. The maximum absolute atomic E-state index is 2.37. The zero-order valence-corrected chi connectivity index (χ0v) is 19.0. The van der Waals surface area contributed by atoms with Crippen molar-refractivity contribution < 1.29 is 0 Å². The van der Waals surface area contributed by atoms with Gasteiger partial charge in [-0.1, -0.05) is 91.0 Å². The molecule has 152 valence electrons. The van der Waals surface area contributed by atoms with Crippen molar-refractivity contribution in [1.82, 2.24) is 0 Å². The van der Waals surface area contributed by atoms with Crippen molar-refractivity contribution in [3.05, 3.63) is 139 Å². The van der Waals surface area contributed by atoms with Gasteiger partial charge in [0.05, 0.1) is 6.16 Å². The van der Waals surface area contributed by atoms with Crippen LogP contribution in [0.15, 0.2) is 133 Å². The molecule has 5 rings (SSSR count). The Morgan fingerprint density at radius 3 is 1.32 bits per heavy atom. The first kappa shape index (κ1) is 21.3. The maximum Gasteiger partial charge on any atom is 0.116 e. The summed E-state index contributed by atoms with van der Waals surface area (Å²) in [5.74, 6) is 0. The van der Waals surface area contributed by atoms with Crippen molar-refractivity contribution in [2.75, 3.05) is 0 Å². The van der Waals surface area contributed by atoms with E-state index < -0.39 is 7.26 Å². The molecule has 0 heterocycles. The third-order valence-corrected chi connectivity index (χ3v) is 10.2. The van der Waals surface area contributed by atoms with Gasteiger partial charge in [0.15, 0.2) is 0 Å². The van der Waals surface area contributed by atoms with Gasteiger partial charge in [-0.3, -0.25) is 0 Å². The fourth-order valence-corrected chi connectivity index (χ4v) is 8.61. The Morgan fingerprint density at radius 2 is 0.839 bits per heavy atom. The normalized spacial score (nSPS) is 11.1. The number of fused-ring (bicyclic) bond motifs is 1. The van der Waals surface area contributed by atoms with Crippen LogP contribution >= 0.6 is 19.7 Å². The lowest BCUT2D eigenvalue weighted by molar-refractivity contribution is 1.41. The summed E-state index contributed by atoms with van der Waals surface area (Å²) in [5.41, 5.74) is 1.39. The lowest BCUT2D eigenvalue weighted by atomic mass is 10.1. The molecular formula is C29H25ClP+. The Hall–Kier alpha value is -2.92. The lowest BCUT2D eigenvalue weighted by Gasteiger charge is -2.28. The summed E-state index contributed by atoms with van der Waals surface area (Å²) in [5, 5.41) is 6.88. The molecule has 0 amide bonds. The SMILES string of the molecule is Cl.c1ccc([P+](Cc2ccc3ccccc3c2)(c2ccccc2)c2ccccc2)cc1. The van der Waals surface area contributed by atoms with E-state index in [1.165, 1.54) is 32.2 Å². The second kappa shape index (κ2) is 9.48. The number of rotatable bonds is 5. The lowest BCUT2D eigenvalue weighted by Crippen LogP contribution is -2.32. The van der Waals surface area contributed by atoms with Gasteiger partial charge in [0.1, 0.15) is 23.2 Å². The van der Waals surface area contributed by atoms with E-state index in [1.54, 1.807) is 0 Å². The molecule has 0 saturated carbocycles. The molecule has 0 spiro atoms. The summed E-state index contributed by atoms with van der Waals surface area (Å²) >= 11 is 0. The molecule has 0 aliphatic carbocycles. The monoisotopic (exact) mass is 439 g/mol. The van der Waals surface area contributed by atoms with Gasteiger partial charge in [0.2, 0.25) is 0 Å². The third kappa shape index (κ3) is 4.15. The minimum absolute atomic E-state index is 0. The molecular weight excluding hydrogens is 415 g/mol. The number of halogens is 1. The standard InChI is InChI=1S/C29H24P.ClH/c1-4-14-27(15-5-1)30(28-16-6-2-7-17-28,29-18-8-3-9-19-29)23-24-20-21-25-12-10-11-13-26(25)22-24;/h1-22H,23H2;1H/q+1;. The van der Waals surface area contributed by atoms with E-state index in [2.05, 4.69) is 133 Å². The molecule has 0 radical (unpaired) electrons. The highest BCUT2D eigenvalue weighted by Crippen LogP contribution is 2.58.